The zero-order chi connectivity index (χ0) is 9.68. The summed E-state index contributed by atoms with van der Waals surface area (Å²) in [6.45, 7) is 4.21. The van der Waals surface area contributed by atoms with Gasteiger partial charge in [0.1, 0.15) is 6.17 Å². The van der Waals surface area contributed by atoms with Crippen LogP contribution in [0, 0.1) is 0 Å². The van der Waals surface area contributed by atoms with Crippen LogP contribution in [0.2, 0.25) is 0 Å². The van der Waals surface area contributed by atoms with Crippen molar-refractivity contribution in [2.24, 2.45) is 0 Å². The van der Waals surface area contributed by atoms with E-state index in [4.69, 9.17) is 0 Å². The SMILES string of the molecule is CN1CCCC1.CN1CC[C@@H](F)C1. The maximum absolute atomic E-state index is 12.1. The predicted octanol–water partition coefficient (Wildman–Crippen LogP) is 1.37. The third kappa shape index (κ3) is 4.58. The van der Waals surface area contributed by atoms with E-state index in [0.717, 1.165) is 13.0 Å². The summed E-state index contributed by atoms with van der Waals surface area (Å²) in [5.74, 6) is 0. The van der Waals surface area contributed by atoms with Gasteiger partial charge < -0.3 is 9.80 Å². The zero-order valence-electron chi connectivity index (χ0n) is 8.80. The number of hydrogen-bond acceptors (Lipinski definition) is 2. The Hall–Kier alpha value is -0.150. The molecule has 13 heavy (non-hydrogen) atoms. The summed E-state index contributed by atoms with van der Waals surface area (Å²) in [6.07, 6.45) is 3.01. The van der Waals surface area contributed by atoms with E-state index in [1.54, 1.807) is 0 Å². The molecule has 78 valence electrons. The molecular weight excluding hydrogens is 167 g/mol. The highest BCUT2D eigenvalue weighted by Gasteiger charge is 2.17. The Morgan fingerprint density at radius 3 is 1.77 bits per heavy atom. The van der Waals surface area contributed by atoms with E-state index in [9.17, 15) is 4.39 Å². The fraction of sp³-hybridized carbons (Fsp3) is 1.00. The Kier molecular flexibility index (Phi) is 4.67. The van der Waals surface area contributed by atoms with E-state index < -0.39 is 6.17 Å². The zero-order valence-corrected chi connectivity index (χ0v) is 8.80. The highest BCUT2D eigenvalue weighted by atomic mass is 19.1. The Morgan fingerprint density at radius 2 is 1.62 bits per heavy atom. The first kappa shape index (κ1) is 10.9. The van der Waals surface area contributed by atoms with Gasteiger partial charge in [-0.15, -0.1) is 0 Å². The maximum atomic E-state index is 12.1. The lowest BCUT2D eigenvalue weighted by Gasteiger charge is -2.01. The molecule has 0 saturated carbocycles. The summed E-state index contributed by atoms with van der Waals surface area (Å²) in [6, 6.07) is 0. The van der Waals surface area contributed by atoms with Gasteiger partial charge in [0.2, 0.25) is 0 Å². The van der Waals surface area contributed by atoms with Gasteiger partial charge in [-0.2, -0.15) is 0 Å². The Bertz CT molecular complexity index is 127. The third-order valence-electron chi connectivity index (χ3n) is 2.66. The van der Waals surface area contributed by atoms with Gasteiger partial charge in [-0.25, -0.2) is 4.39 Å². The highest BCUT2D eigenvalue weighted by Crippen LogP contribution is 2.08. The molecule has 0 aromatic heterocycles. The Morgan fingerprint density at radius 1 is 1.00 bits per heavy atom. The molecule has 0 bridgehead atoms. The summed E-state index contributed by atoms with van der Waals surface area (Å²) < 4.78 is 12.1. The molecular formula is C10H21FN2. The van der Waals surface area contributed by atoms with E-state index >= 15 is 0 Å². The summed E-state index contributed by atoms with van der Waals surface area (Å²) >= 11 is 0. The number of hydrogen-bond donors (Lipinski definition) is 0. The van der Waals surface area contributed by atoms with Gasteiger partial charge >= 0.3 is 0 Å². The first-order chi connectivity index (χ1) is 6.18. The molecule has 0 amide bonds. The first-order valence-electron chi connectivity index (χ1n) is 5.19. The second-order valence-electron chi connectivity index (χ2n) is 4.16. The van der Waals surface area contributed by atoms with Crippen molar-refractivity contribution in [3.8, 4) is 0 Å². The monoisotopic (exact) mass is 188 g/mol. The quantitative estimate of drug-likeness (QED) is 0.566. The van der Waals surface area contributed by atoms with E-state index in [2.05, 4.69) is 11.9 Å². The highest BCUT2D eigenvalue weighted by molar-refractivity contribution is 4.70. The van der Waals surface area contributed by atoms with Crippen molar-refractivity contribution in [3.05, 3.63) is 0 Å². The molecule has 0 unspecified atom stereocenters. The number of halogens is 1. The van der Waals surface area contributed by atoms with Gasteiger partial charge in [0.15, 0.2) is 0 Å². The number of likely N-dealkylation sites (tertiary alicyclic amines) is 2. The molecule has 2 saturated heterocycles. The van der Waals surface area contributed by atoms with Crippen LogP contribution in [0.15, 0.2) is 0 Å². The van der Waals surface area contributed by atoms with Crippen LogP contribution in [0.25, 0.3) is 0 Å². The predicted molar refractivity (Wildman–Crippen MR) is 53.7 cm³/mol. The van der Waals surface area contributed by atoms with Crippen LogP contribution in [-0.4, -0.2) is 56.2 Å². The third-order valence-corrected chi connectivity index (χ3v) is 2.66. The normalized spacial score (nSPS) is 30.2. The maximum Gasteiger partial charge on any atom is 0.114 e. The van der Waals surface area contributed by atoms with Crippen LogP contribution in [0.1, 0.15) is 19.3 Å². The molecule has 2 heterocycles. The molecule has 0 aromatic rings. The smallest absolute Gasteiger partial charge is 0.114 e. The van der Waals surface area contributed by atoms with Crippen molar-refractivity contribution in [1.82, 2.24) is 9.80 Å². The van der Waals surface area contributed by atoms with Crippen molar-refractivity contribution in [2.75, 3.05) is 40.3 Å². The Labute approximate surface area is 80.7 Å². The van der Waals surface area contributed by atoms with Crippen LogP contribution in [-0.2, 0) is 0 Å². The summed E-state index contributed by atoms with van der Waals surface area (Å²) in [5, 5.41) is 0. The fourth-order valence-corrected chi connectivity index (χ4v) is 1.76. The van der Waals surface area contributed by atoms with Gasteiger partial charge in [-0.05, 0) is 46.4 Å². The molecule has 1 atom stereocenters. The van der Waals surface area contributed by atoms with E-state index in [0.29, 0.717) is 6.54 Å². The van der Waals surface area contributed by atoms with Crippen LogP contribution < -0.4 is 0 Å². The van der Waals surface area contributed by atoms with Crippen molar-refractivity contribution in [1.29, 1.82) is 0 Å². The van der Waals surface area contributed by atoms with Crippen LogP contribution in [0.5, 0.6) is 0 Å². The van der Waals surface area contributed by atoms with Crippen molar-refractivity contribution >= 4 is 0 Å². The average molecular weight is 188 g/mol. The minimum atomic E-state index is -0.551. The fourth-order valence-electron chi connectivity index (χ4n) is 1.76. The van der Waals surface area contributed by atoms with Crippen LogP contribution >= 0.6 is 0 Å². The molecule has 0 aliphatic carbocycles. The molecule has 2 aliphatic heterocycles. The number of rotatable bonds is 0. The van der Waals surface area contributed by atoms with E-state index in [1.165, 1.54) is 25.9 Å². The second-order valence-corrected chi connectivity index (χ2v) is 4.16. The largest absolute Gasteiger partial charge is 0.306 e. The lowest BCUT2D eigenvalue weighted by atomic mass is 10.4. The average Bonchev–Trinajstić information content (AvgIpc) is 2.64. The number of alkyl halides is 1. The summed E-state index contributed by atoms with van der Waals surface area (Å²) in [5.41, 5.74) is 0. The second kappa shape index (κ2) is 5.55. The molecule has 2 rings (SSSR count). The van der Waals surface area contributed by atoms with E-state index in [-0.39, 0.29) is 0 Å². The van der Waals surface area contributed by atoms with Crippen LogP contribution in [0.4, 0.5) is 4.39 Å². The molecule has 0 aromatic carbocycles. The topological polar surface area (TPSA) is 6.48 Å². The molecule has 0 N–H and O–H groups in total. The minimum absolute atomic E-state index is 0.551. The molecule has 2 aliphatic rings. The summed E-state index contributed by atoms with van der Waals surface area (Å²) in [4.78, 5) is 4.37. The lowest BCUT2D eigenvalue weighted by molar-refractivity contribution is 0.321. The van der Waals surface area contributed by atoms with Gasteiger partial charge in [-0.3, -0.25) is 0 Å². The standard InChI is InChI=1S/C5H10FN.C5H11N/c1-7-3-2-5(6)4-7;1-6-4-2-3-5-6/h5H,2-4H2,1H3;2-5H2,1H3/t5-;/m1./s1. The minimum Gasteiger partial charge on any atom is -0.306 e. The van der Waals surface area contributed by atoms with E-state index in [1.807, 2.05) is 11.9 Å². The molecule has 2 fully saturated rings. The van der Waals surface area contributed by atoms with Gasteiger partial charge in [0.25, 0.3) is 0 Å². The first-order valence-corrected chi connectivity index (χ1v) is 5.19. The summed E-state index contributed by atoms with van der Waals surface area (Å²) in [7, 11) is 4.12. The molecule has 0 spiro atoms. The van der Waals surface area contributed by atoms with Crippen molar-refractivity contribution in [3.63, 3.8) is 0 Å². The van der Waals surface area contributed by atoms with Gasteiger partial charge in [0.05, 0.1) is 0 Å². The number of nitrogens with zero attached hydrogens (tertiary/aromatic N) is 2. The van der Waals surface area contributed by atoms with Crippen LogP contribution in [0.3, 0.4) is 0 Å². The molecule has 0 radical (unpaired) electrons. The van der Waals surface area contributed by atoms with Gasteiger partial charge in [0, 0.05) is 13.1 Å². The van der Waals surface area contributed by atoms with Gasteiger partial charge in [-0.1, -0.05) is 0 Å². The Balaban J connectivity index is 0.000000132. The van der Waals surface area contributed by atoms with Crippen molar-refractivity contribution < 1.29 is 4.39 Å². The molecule has 3 heteroatoms. The molecule has 2 nitrogen and oxygen atoms in total. The van der Waals surface area contributed by atoms with Crippen molar-refractivity contribution in [2.45, 2.75) is 25.4 Å². The lowest BCUT2D eigenvalue weighted by Crippen LogP contribution is -2.13.